The second kappa shape index (κ2) is 19.3. The Labute approximate surface area is 174 Å². The van der Waals surface area contributed by atoms with Gasteiger partial charge in [-0.15, -0.1) is 0 Å². The Morgan fingerprint density at radius 1 is 0.643 bits per heavy atom. The van der Waals surface area contributed by atoms with Gasteiger partial charge >= 0.3 is 11.9 Å². The fraction of sp³-hybridized carbons (Fsp3) is 0.917. The highest BCUT2D eigenvalue weighted by Crippen LogP contribution is 2.23. The monoisotopic (exact) mass is 398 g/mol. The van der Waals surface area contributed by atoms with Gasteiger partial charge in [-0.25, -0.2) is 0 Å². The molecule has 1 unspecified atom stereocenters. The number of carbonyl (C=O) groups is 2. The summed E-state index contributed by atoms with van der Waals surface area (Å²) in [5.74, 6) is 0.912. The lowest BCUT2D eigenvalue weighted by atomic mass is 9.87. The molecule has 0 spiro atoms. The number of hydrogen-bond acceptors (Lipinski definition) is 4. The van der Waals surface area contributed by atoms with Gasteiger partial charge in [0.15, 0.2) is 0 Å². The Bertz CT molecular complexity index is 379. The molecule has 0 aromatic heterocycles. The molecule has 28 heavy (non-hydrogen) atoms. The fourth-order valence-electron chi connectivity index (χ4n) is 3.61. The summed E-state index contributed by atoms with van der Waals surface area (Å²) in [4.78, 5) is 22.9. The van der Waals surface area contributed by atoms with Gasteiger partial charge < -0.3 is 9.47 Å². The molecule has 0 saturated heterocycles. The molecule has 0 radical (unpaired) electrons. The zero-order chi connectivity index (χ0) is 21.0. The van der Waals surface area contributed by atoms with Gasteiger partial charge in [0.1, 0.15) is 0 Å². The number of esters is 2. The molecule has 0 fully saturated rings. The molecule has 4 heteroatoms. The van der Waals surface area contributed by atoms with Crippen molar-refractivity contribution in [1.82, 2.24) is 0 Å². The molecule has 0 N–H and O–H groups in total. The van der Waals surface area contributed by atoms with Crippen LogP contribution in [-0.2, 0) is 19.1 Å². The first-order valence-electron chi connectivity index (χ1n) is 11.8. The quantitative estimate of drug-likeness (QED) is 0.176. The Balaban J connectivity index is 3.44. The van der Waals surface area contributed by atoms with Crippen LogP contribution in [0.25, 0.3) is 0 Å². The van der Waals surface area contributed by atoms with Crippen molar-refractivity contribution in [2.24, 2.45) is 11.8 Å². The zero-order valence-corrected chi connectivity index (χ0v) is 19.1. The van der Waals surface area contributed by atoms with E-state index in [2.05, 4.69) is 13.8 Å². The van der Waals surface area contributed by atoms with E-state index in [-0.39, 0.29) is 11.9 Å². The summed E-state index contributed by atoms with van der Waals surface area (Å²) in [6.45, 7) is 9.12. The smallest absolute Gasteiger partial charge is 0.306 e. The largest absolute Gasteiger partial charge is 0.466 e. The molecule has 0 aromatic carbocycles. The van der Waals surface area contributed by atoms with Gasteiger partial charge in [0.25, 0.3) is 0 Å². The van der Waals surface area contributed by atoms with Crippen molar-refractivity contribution >= 4 is 11.9 Å². The molecule has 0 aliphatic rings. The van der Waals surface area contributed by atoms with E-state index in [4.69, 9.17) is 9.47 Å². The molecular formula is C24H46O4. The lowest BCUT2D eigenvalue weighted by Crippen LogP contribution is -2.16. The van der Waals surface area contributed by atoms with Crippen LogP contribution < -0.4 is 0 Å². The first-order chi connectivity index (χ1) is 13.5. The van der Waals surface area contributed by atoms with E-state index in [0.29, 0.717) is 37.9 Å². The number of unbranched alkanes of at least 4 members (excludes halogenated alkanes) is 10. The van der Waals surface area contributed by atoms with Crippen LogP contribution in [0.3, 0.4) is 0 Å². The lowest BCUT2D eigenvalue weighted by molar-refractivity contribution is -0.145. The predicted octanol–water partition coefficient (Wildman–Crippen LogP) is 6.85. The van der Waals surface area contributed by atoms with Crippen LogP contribution in [0, 0.1) is 11.8 Å². The van der Waals surface area contributed by atoms with E-state index in [9.17, 15) is 9.59 Å². The van der Waals surface area contributed by atoms with E-state index in [1.165, 1.54) is 57.8 Å². The molecule has 0 heterocycles. The van der Waals surface area contributed by atoms with Gasteiger partial charge in [0, 0.05) is 12.8 Å². The molecule has 1 atom stereocenters. The van der Waals surface area contributed by atoms with E-state index < -0.39 is 0 Å². The van der Waals surface area contributed by atoms with Crippen LogP contribution in [0.15, 0.2) is 0 Å². The van der Waals surface area contributed by atoms with Crippen molar-refractivity contribution in [3.63, 3.8) is 0 Å². The molecule has 0 aliphatic carbocycles. The summed E-state index contributed by atoms with van der Waals surface area (Å²) >= 11 is 0. The van der Waals surface area contributed by atoms with Gasteiger partial charge in [-0.1, -0.05) is 78.1 Å². The lowest BCUT2D eigenvalue weighted by Gasteiger charge is -2.19. The van der Waals surface area contributed by atoms with Crippen LogP contribution >= 0.6 is 0 Å². The van der Waals surface area contributed by atoms with Crippen molar-refractivity contribution in [3.05, 3.63) is 0 Å². The average Bonchev–Trinajstić information content (AvgIpc) is 2.64. The minimum absolute atomic E-state index is 0.0397. The molecule has 4 nitrogen and oxygen atoms in total. The minimum atomic E-state index is -0.0527. The molecule has 0 aliphatic heterocycles. The predicted molar refractivity (Wildman–Crippen MR) is 116 cm³/mol. The molecule has 0 rings (SSSR count). The molecular weight excluding hydrogens is 352 g/mol. The van der Waals surface area contributed by atoms with Crippen molar-refractivity contribution in [2.45, 2.75) is 118 Å². The van der Waals surface area contributed by atoms with Gasteiger partial charge in [-0.2, -0.15) is 0 Å². The molecule has 166 valence electrons. The third-order valence-electron chi connectivity index (χ3n) is 5.44. The molecule has 0 bridgehead atoms. The van der Waals surface area contributed by atoms with E-state index in [0.717, 1.165) is 19.3 Å². The van der Waals surface area contributed by atoms with Crippen LogP contribution in [0.1, 0.15) is 118 Å². The number of rotatable bonds is 19. The average molecular weight is 399 g/mol. The molecule has 0 aromatic rings. The fourth-order valence-corrected chi connectivity index (χ4v) is 3.61. The van der Waals surface area contributed by atoms with Crippen LogP contribution in [0.2, 0.25) is 0 Å². The first-order valence-corrected chi connectivity index (χ1v) is 11.8. The van der Waals surface area contributed by atoms with E-state index >= 15 is 0 Å². The second-order valence-corrected chi connectivity index (χ2v) is 8.25. The normalized spacial score (nSPS) is 12.2. The number of ether oxygens (including phenoxy) is 2. The van der Waals surface area contributed by atoms with Gasteiger partial charge in [0.05, 0.1) is 13.2 Å². The topological polar surface area (TPSA) is 52.6 Å². The van der Waals surface area contributed by atoms with Crippen molar-refractivity contribution < 1.29 is 19.1 Å². The summed E-state index contributed by atoms with van der Waals surface area (Å²) < 4.78 is 10.0. The second-order valence-electron chi connectivity index (χ2n) is 8.25. The van der Waals surface area contributed by atoms with Gasteiger partial charge in [-0.05, 0) is 38.5 Å². The number of carbonyl (C=O) groups excluding carboxylic acids is 2. The summed E-state index contributed by atoms with van der Waals surface area (Å²) in [6.07, 6.45) is 16.0. The van der Waals surface area contributed by atoms with Crippen molar-refractivity contribution in [1.29, 1.82) is 0 Å². The third-order valence-corrected chi connectivity index (χ3v) is 5.44. The van der Waals surface area contributed by atoms with Crippen molar-refractivity contribution in [3.8, 4) is 0 Å². The van der Waals surface area contributed by atoms with Crippen LogP contribution in [-0.4, -0.2) is 25.2 Å². The summed E-state index contributed by atoms with van der Waals surface area (Å²) in [7, 11) is 0. The first kappa shape index (κ1) is 26.9. The molecule has 0 amide bonds. The summed E-state index contributed by atoms with van der Waals surface area (Å²) in [5, 5.41) is 0. The highest BCUT2D eigenvalue weighted by molar-refractivity contribution is 5.69. The maximum absolute atomic E-state index is 11.7. The van der Waals surface area contributed by atoms with E-state index in [1.807, 2.05) is 13.8 Å². The summed E-state index contributed by atoms with van der Waals surface area (Å²) in [5.41, 5.74) is 0. The third kappa shape index (κ3) is 17.1. The van der Waals surface area contributed by atoms with Crippen LogP contribution in [0.4, 0.5) is 0 Å². The Morgan fingerprint density at radius 3 is 1.54 bits per heavy atom. The maximum atomic E-state index is 11.7. The highest BCUT2D eigenvalue weighted by Gasteiger charge is 2.17. The Hall–Kier alpha value is -1.06. The number of hydrogen-bond donors (Lipinski definition) is 0. The van der Waals surface area contributed by atoms with Gasteiger partial charge in [-0.3, -0.25) is 9.59 Å². The Morgan fingerprint density at radius 2 is 1.07 bits per heavy atom. The molecule has 0 saturated carbocycles. The van der Waals surface area contributed by atoms with Crippen molar-refractivity contribution in [2.75, 3.05) is 13.2 Å². The highest BCUT2D eigenvalue weighted by atomic mass is 16.5. The standard InChI is InChI=1S/C24H46O4/c1-5-27-23(25)19-17-15-13-11-9-7-8-10-12-14-16-18-22(21(3)4)20-24(26)28-6-2/h21-22H,5-20H2,1-4H3. The van der Waals surface area contributed by atoms with Crippen LogP contribution in [0.5, 0.6) is 0 Å². The maximum Gasteiger partial charge on any atom is 0.306 e. The Kier molecular flexibility index (Phi) is 18.5. The zero-order valence-electron chi connectivity index (χ0n) is 19.1. The van der Waals surface area contributed by atoms with Gasteiger partial charge in [0.2, 0.25) is 0 Å². The van der Waals surface area contributed by atoms with E-state index in [1.54, 1.807) is 0 Å². The minimum Gasteiger partial charge on any atom is -0.466 e. The summed E-state index contributed by atoms with van der Waals surface area (Å²) in [6, 6.07) is 0. The SMILES string of the molecule is CCOC(=O)CCCCCCCCCCCCCC(CC(=O)OCC)C(C)C.